The van der Waals surface area contributed by atoms with Gasteiger partial charge in [-0.1, -0.05) is 11.6 Å². The van der Waals surface area contributed by atoms with Crippen molar-refractivity contribution in [3.8, 4) is 11.5 Å². The van der Waals surface area contributed by atoms with E-state index in [1.54, 1.807) is 6.26 Å². The second-order valence-corrected chi connectivity index (χ2v) is 6.67. The summed E-state index contributed by atoms with van der Waals surface area (Å²) in [6, 6.07) is 7.74. The average Bonchev–Trinajstić information content (AvgIpc) is 3.25. The first-order valence-electron chi connectivity index (χ1n) is 8.33. The van der Waals surface area contributed by atoms with Gasteiger partial charge < -0.3 is 14.3 Å². The quantitative estimate of drug-likeness (QED) is 0.736. The van der Waals surface area contributed by atoms with E-state index in [9.17, 15) is 0 Å². The predicted molar refractivity (Wildman–Crippen MR) is 103 cm³/mol. The van der Waals surface area contributed by atoms with Crippen molar-refractivity contribution in [1.82, 2.24) is 24.8 Å². The lowest BCUT2D eigenvalue weighted by molar-refractivity contribution is 0.143. The lowest BCUT2D eigenvalue weighted by Crippen LogP contribution is -2.46. The molecule has 1 atom stereocenters. The summed E-state index contributed by atoms with van der Waals surface area (Å²) in [5.74, 6) is 1.68. The number of nitrogens with zero attached hydrogens (tertiary/aromatic N) is 4. The number of oxazole rings is 1. The Labute approximate surface area is 163 Å². The number of imidazole rings is 1. The summed E-state index contributed by atoms with van der Waals surface area (Å²) in [5.41, 5.74) is 1.85. The van der Waals surface area contributed by atoms with Gasteiger partial charge in [0.2, 0.25) is 5.89 Å². The van der Waals surface area contributed by atoms with Crippen LogP contribution in [0.4, 0.5) is 0 Å². The highest BCUT2D eigenvalue weighted by Crippen LogP contribution is 2.25. The first-order valence-corrected chi connectivity index (χ1v) is 8.71. The van der Waals surface area contributed by atoms with Gasteiger partial charge in [-0.05, 0) is 24.3 Å². The van der Waals surface area contributed by atoms with Crippen molar-refractivity contribution >= 4 is 24.0 Å². The first kappa shape index (κ1) is 18.9. The summed E-state index contributed by atoms with van der Waals surface area (Å²) in [4.78, 5) is 11.6. The fourth-order valence-electron chi connectivity index (χ4n) is 3.20. The lowest BCUT2D eigenvalue weighted by atomic mass is 10.1. The van der Waals surface area contributed by atoms with E-state index in [0.717, 1.165) is 43.3 Å². The number of rotatable bonds is 4. The minimum atomic E-state index is 0. The van der Waals surface area contributed by atoms with E-state index >= 15 is 0 Å². The Balaban J connectivity index is 0.00000196. The molecule has 1 N–H and O–H groups in total. The maximum Gasteiger partial charge on any atom is 0.226 e. The molecular formula is C18H21Cl2N5O. The molecule has 2 aromatic heterocycles. The molecule has 6 nitrogen and oxygen atoms in total. The molecule has 0 spiro atoms. The smallest absolute Gasteiger partial charge is 0.226 e. The molecule has 1 aliphatic heterocycles. The van der Waals surface area contributed by atoms with Crippen LogP contribution in [0, 0.1) is 0 Å². The van der Waals surface area contributed by atoms with Gasteiger partial charge in [0.15, 0.2) is 0 Å². The van der Waals surface area contributed by atoms with Crippen LogP contribution in [0.2, 0.25) is 5.02 Å². The molecule has 26 heavy (non-hydrogen) atoms. The van der Waals surface area contributed by atoms with Gasteiger partial charge >= 0.3 is 0 Å². The van der Waals surface area contributed by atoms with Crippen molar-refractivity contribution in [2.75, 3.05) is 19.6 Å². The van der Waals surface area contributed by atoms with E-state index in [-0.39, 0.29) is 18.4 Å². The van der Waals surface area contributed by atoms with Crippen LogP contribution < -0.4 is 5.32 Å². The summed E-state index contributed by atoms with van der Waals surface area (Å²) >= 11 is 5.94. The highest BCUT2D eigenvalue weighted by Gasteiger charge is 2.27. The van der Waals surface area contributed by atoms with E-state index in [0.29, 0.717) is 10.9 Å². The standard InChI is InChI=1S/C18H20ClN5O.ClH/c1-23-8-7-21-17(23)16-10-20-6-9-24(16)11-15-12-25-18(22-15)13-2-4-14(19)5-3-13;/h2-5,7-8,12,16,20H,6,9-11H2,1H3;1H. The van der Waals surface area contributed by atoms with Gasteiger partial charge in [0.25, 0.3) is 0 Å². The summed E-state index contributed by atoms with van der Waals surface area (Å²) in [6.07, 6.45) is 5.56. The van der Waals surface area contributed by atoms with Crippen molar-refractivity contribution in [2.24, 2.45) is 7.05 Å². The summed E-state index contributed by atoms with van der Waals surface area (Å²) in [7, 11) is 2.03. The molecule has 138 valence electrons. The number of nitrogens with one attached hydrogen (secondary N) is 1. The van der Waals surface area contributed by atoms with E-state index in [1.807, 2.05) is 43.7 Å². The zero-order chi connectivity index (χ0) is 17.2. The monoisotopic (exact) mass is 393 g/mol. The van der Waals surface area contributed by atoms with Crippen LogP contribution in [0.3, 0.4) is 0 Å². The minimum Gasteiger partial charge on any atom is -0.444 e. The van der Waals surface area contributed by atoms with Crippen LogP contribution >= 0.6 is 24.0 Å². The molecule has 1 aromatic carbocycles. The Hall–Kier alpha value is -1.86. The average molecular weight is 394 g/mol. The number of hydrogen-bond acceptors (Lipinski definition) is 5. The van der Waals surface area contributed by atoms with E-state index in [1.165, 1.54) is 0 Å². The van der Waals surface area contributed by atoms with Crippen molar-refractivity contribution in [2.45, 2.75) is 12.6 Å². The molecule has 1 saturated heterocycles. The Morgan fingerprint density at radius 2 is 2.12 bits per heavy atom. The fourth-order valence-corrected chi connectivity index (χ4v) is 3.33. The molecule has 8 heteroatoms. The Morgan fingerprint density at radius 1 is 1.31 bits per heavy atom. The Morgan fingerprint density at radius 3 is 2.85 bits per heavy atom. The van der Waals surface area contributed by atoms with Crippen LogP contribution in [0.5, 0.6) is 0 Å². The predicted octanol–water partition coefficient (Wildman–Crippen LogP) is 3.30. The van der Waals surface area contributed by atoms with Gasteiger partial charge in [-0.3, -0.25) is 4.90 Å². The molecule has 1 unspecified atom stereocenters. The Kier molecular flexibility index (Phi) is 5.98. The Bertz CT molecular complexity index is 845. The third kappa shape index (κ3) is 3.94. The van der Waals surface area contributed by atoms with Gasteiger partial charge in [-0.2, -0.15) is 0 Å². The van der Waals surface area contributed by atoms with Crippen LogP contribution in [-0.4, -0.2) is 39.1 Å². The lowest BCUT2D eigenvalue weighted by Gasteiger charge is -2.35. The van der Waals surface area contributed by atoms with Crippen LogP contribution in [0.25, 0.3) is 11.5 Å². The van der Waals surface area contributed by atoms with Gasteiger partial charge in [0, 0.05) is 56.2 Å². The van der Waals surface area contributed by atoms with E-state index in [4.69, 9.17) is 16.0 Å². The van der Waals surface area contributed by atoms with Crippen LogP contribution in [0.15, 0.2) is 47.3 Å². The van der Waals surface area contributed by atoms with Crippen molar-refractivity contribution < 1.29 is 4.42 Å². The van der Waals surface area contributed by atoms with Crippen molar-refractivity contribution in [1.29, 1.82) is 0 Å². The van der Waals surface area contributed by atoms with Gasteiger partial charge in [0.05, 0.1) is 11.7 Å². The molecule has 0 radical (unpaired) electrons. The molecule has 0 amide bonds. The summed E-state index contributed by atoms with van der Waals surface area (Å²) in [5, 5.41) is 4.15. The van der Waals surface area contributed by atoms with E-state index in [2.05, 4.69) is 24.8 Å². The van der Waals surface area contributed by atoms with E-state index < -0.39 is 0 Å². The van der Waals surface area contributed by atoms with Crippen LogP contribution in [-0.2, 0) is 13.6 Å². The zero-order valence-electron chi connectivity index (χ0n) is 14.4. The normalized spacial score (nSPS) is 17.8. The summed E-state index contributed by atoms with van der Waals surface area (Å²) < 4.78 is 7.74. The first-order chi connectivity index (χ1) is 12.2. The maximum absolute atomic E-state index is 5.94. The van der Waals surface area contributed by atoms with Crippen molar-refractivity contribution in [3.63, 3.8) is 0 Å². The van der Waals surface area contributed by atoms with Crippen molar-refractivity contribution in [3.05, 3.63) is 59.5 Å². The fraction of sp³-hybridized carbons (Fsp3) is 0.333. The maximum atomic E-state index is 5.94. The third-order valence-corrected chi connectivity index (χ3v) is 4.77. The highest BCUT2D eigenvalue weighted by molar-refractivity contribution is 6.30. The zero-order valence-corrected chi connectivity index (χ0v) is 16.0. The molecule has 0 aliphatic carbocycles. The molecule has 1 aliphatic rings. The third-order valence-electron chi connectivity index (χ3n) is 4.52. The largest absolute Gasteiger partial charge is 0.444 e. The molecule has 3 heterocycles. The number of halogens is 2. The second-order valence-electron chi connectivity index (χ2n) is 6.24. The number of piperazine rings is 1. The number of aromatic nitrogens is 3. The van der Waals surface area contributed by atoms with Crippen LogP contribution in [0.1, 0.15) is 17.6 Å². The van der Waals surface area contributed by atoms with Gasteiger partial charge in [-0.25, -0.2) is 9.97 Å². The second kappa shape index (κ2) is 8.22. The molecule has 0 saturated carbocycles. The number of benzene rings is 1. The molecular weight excluding hydrogens is 373 g/mol. The number of aryl methyl sites for hydroxylation is 1. The highest BCUT2D eigenvalue weighted by atomic mass is 35.5. The molecule has 0 bridgehead atoms. The SMILES string of the molecule is Cl.Cn1ccnc1C1CNCCN1Cc1coc(-c2ccc(Cl)cc2)n1. The molecule has 1 fully saturated rings. The molecule has 4 rings (SSSR count). The topological polar surface area (TPSA) is 59.1 Å². The van der Waals surface area contributed by atoms with Gasteiger partial charge in [0.1, 0.15) is 12.1 Å². The summed E-state index contributed by atoms with van der Waals surface area (Å²) in [6.45, 7) is 3.52. The molecule has 3 aromatic rings. The minimum absolute atomic E-state index is 0. The van der Waals surface area contributed by atoms with Gasteiger partial charge in [-0.15, -0.1) is 12.4 Å². The number of hydrogen-bond donors (Lipinski definition) is 1.